The van der Waals surface area contributed by atoms with E-state index in [4.69, 9.17) is 0 Å². The van der Waals surface area contributed by atoms with Crippen molar-refractivity contribution in [3.8, 4) is 0 Å². The maximum absolute atomic E-state index is 11.7. The minimum atomic E-state index is 0.148. The number of nitrogens with zero attached hydrogens (tertiary/aromatic N) is 2. The summed E-state index contributed by atoms with van der Waals surface area (Å²) in [5.74, 6) is 0.269. The summed E-state index contributed by atoms with van der Waals surface area (Å²) in [4.78, 5) is 11.7. The monoisotopic (exact) mass is 274 g/mol. The first-order valence-electron chi connectivity index (χ1n) is 7.36. The van der Waals surface area contributed by atoms with Gasteiger partial charge < -0.3 is 5.32 Å². The van der Waals surface area contributed by atoms with Gasteiger partial charge in [0.15, 0.2) is 5.78 Å². The quantitative estimate of drug-likeness (QED) is 0.795. The second kappa shape index (κ2) is 5.42. The Morgan fingerprint density at radius 3 is 2.95 bits per heavy atom. The van der Waals surface area contributed by atoms with Crippen LogP contribution in [0, 0.1) is 0 Å². The van der Waals surface area contributed by atoms with Gasteiger partial charge in [0, 0.05) is 25.7 Å². The zero-order valence-electron chi connectivity index (χ0n) is 12.1. The van der Waals surface area contributed by atoms with E-state index in [1.165, 1.54) is 11.1 Å². The highest BCUT2D eigenvalue weighted by Crippen LogP contribution is 2.31. The van der Waals surface area contributed by atoms with Crippen LogP contribution in [0.4, 0.5) is 0 Å². The van der Waals surface area contributed by atoms with Crippen LogP contribution >= 0.6 is 0 Å². The third kappa shape index (κ3) is 2.17. The van der Waals surface area contributed by atoms with E-state index < -0.39 is 0 Å². The molecule has 2 N–H and O–H groups in total. The van der Waals surface area contributed by atoms with Crippen molar-refractivity contribution in [1.82, 2.24) is 20.7 Å². The molecule has 0 spiro atoms. The zero-order chi connectivity index (χ0) is 14.1. The molecule has 3 rings (SSSR count). The summed E-state index contributed by atoms with van der Waals surface area (Å²) in [6.07, 6.45) is 9.04. The van der Waals surface area contributed by atoms with Gasteiger partial charge in [-0.2, -0.15) is 0 Å². The van der Waals surface area contributed by atoms with Gasteiger partial charge >= 0.3 is 0 Å². The maximum atomic E-state index is 11.7. The number of ketones is 1. The summed E-state index contributed by atoms with van der Waals surface area (Å²) in [6.45, 7) is 6.67. The third-order valence-corrected chi connectivity index (χ3v) is 4.18. The molecule has 3 aliphatic rings. The van der Waals surface area contributed by atoms with E-state index in [-0.39, 0.29) is 18.0 Å². The van der Waals surface area contributed by atoms with Gasteiger partial charge in [-0.25, -0.2) is 5.01 Å². The van der Waals surface area contributed by atoms with Crippen LogP contribution in [-0.2, 0) is 4.79 Å². The lowest BCUT2D eigenvalue weighted by molar-refractivity contribution is -0.118. The summed E-state index contributed by atoms with van der Waals surface area (Å²) >= 11 is 0. The molecule has 0 amide bonds. The van der Waals surface area contributed by atoms with Crippen molar-refractivity contribution < 1.29 is 4.79 Å². The van der Waals surface area contributed by atoms with Crippen LogP contribution in [-0.4, -0.2) is 47.6 Å². The largest absolute Gasteiger partial charge is 0.367 e. The molecule has 0 aromatic carbocycles. The molecule has 0 radical (unpaired) electrons. The van der Waals surface area contributed by atoms with Crippen molar-refractivity contribution in [1.29, 1.82) is 0 Å². The van der Waals surface area contributed by atoms with E-state index in [0.717, 1.165) is 13.1 Å². The molecule has 108 valence electrons. The number of fused-ring (bicyclic) bond motifs is 3. The van der Waals surface area contributed by atoms with Crippen molar-refractivity contribution in [2.24, 2.45) is 0 Å². The molecule has 0 saturated carbocycles. The Morgan fingerprint density at radius 2 is 2.20 bits per heavy atom. The van der Waals surface area contributed by atoms with Crippen molar-refractivity contribution in [2.45, 2.75) is 32.5 Å². The first kappa shape index (κ1) is 13.4. The average molecular weight is 274 g/mol. The molecule has 0 bridgehead atoms. The number of rotatable bonds is 3. The van der Waals surface area contributed by atoms with Crippen LogP contribution in [0.5, 0.6) is 0 Å². The Bertz CT molecular complexity index is 490. The van der Waals surface area contributed by atoms with Crippen LogP contribution in [0.25, 0.3) is 0 Å². The fraction of sp³-hybridized carbons (Fsp3) is 0.533. The number of allylic oxidation sites excluding steroid dienone is 2. The lowest BCUT2D eigenvalue weighted by atomic mass is 9.86. The van der Waals surface area contributed by atoms with E-state index in [0.29, 0.717) is 13.0 Å². The fourth-order valence-electron chi connectivity index (χ4n) is 3.21. The SMILES string of the molecule is CCN(CC)N1C=C2CC(=O)CNC2C2=CC=CNC21. The highest BCUT2D eigenvalue weighted by atomic mass is 16.1. The van der Waals surface area contributed by atoms with E-state index >= 15 is 0 Å². The highest BCUT2D eigenvalue weighted by molar-refractivity contribution is 5.85. The van der Waals surface area contributed by atoms with Gasteiger partial charge in [-0.15, -0.1) is 0 Å². The summed E-state index contributed by atoms with van der Waals surface area (Å²) in [7, 11) is 0. The summed E-state index contributed by atoms with van der Waals surface area (Å²) in [5.41, 5.74) is 2.47. The van der Waals surface area contributed by atoms with E-state index in [2.05, 4.69) is 46.8 Å². The van der Waals surface area contributed by atoms with Gasteiger partial charge in [0.1, 0.15) is 6.17 Å². The average Bonchev–Trinajstić information content (AvgIpc) is 2.48. The minimum Gasteiger partial charge on any atom is -0.367 e. The van der Waals surface area contributed by atoms with E-state index in [1.807, 2.05) is 12.3 Å². The van der Waals surface area contributed by atoms with E-state index in [1.54, 1.807) is 0 Å². The van der Waals surface area contributed by atoms with Gasteiger partial charge in [-0.3, -0.25) is 15.1 Å². The molecular weight excluding hydrogens is 252 g/mol. The highest BCUT2D eigenvalue weighted by Gasteiger charge is 2.38. The Kier molecular flexibility index (Phi) is 3.63. The number of nitrogens with one attached hydrogen (secondary N) is 2. The van der Waals surface area contributed by atoms with Crippen LogP contribution < -0.4 is 10.6 Å². The van der Waals surface area contributed by atoms with E-state index in [9.17, 15) is 4.79 Å². The fourth-order valence-corrected chi connectivity index (χ4v) is 3.21. The number of Topliss-reactive ketones (excluding diaryl/α,β-unsaturated/α-hetero) is 1. The minimum absolute atomic E-state index is 0.148. The van der Waals surface area contributed by atoms with Crippen LogP contribution in [0.3, 0.4) is 0 Å². The zero-order valence-corrected chi connectivity index (χ0v) is 12.1. The van der Waals surface area contributed by atoms with Gasteiger partial charge in [0.25, 0.3) is 0 Å². The molecule has 1 fully saturated rings. The number of carbonyl (C=O) groups is 1. The number of piperidine rings is 1. The summed E-state index contributed by atoms with van der Waals surface area (Å²) in [6, 6.07) is 0.196. The Balaban J connectivity index is 1.98. The van der Waals surface area contributed by atoms with Crippen molar-refractivity contribution in [2.75, 3.05) is 19.6 Å². The Labute approximate surface area is 120 Å². The van der Waals surface area contributed by atoms with Gasteiger partial charge in [0.2, 0.25) is 0 Å². The molecular formula is C15H22N4O. The molecule has 3 aliphatic heterocycles. The van der Waals surface area contributed by atoms with Gasteiger partial charge in [-0.1, -0.05) is 19.9 Å². The van der Waals surface area contributed by atoms with Crippen LogP contribution in [0.1, 0.15) is 20.3 Å². The van der Waals surface area contributed by atoms with Crippen molar-refractivity contribution in [3.05, 3.63) is 35.7 Å². The summed E-state index contributed by atoms with van der Waals surface area (Å²) < 4.78 is 0. The standard InChI is InChI=1S/C15H22N4O/c1-3-18(4-2)19-10-11-8-12(20)9-17-14(11)13-6-5-7-16-15(13)19/h5-7,10,14-17H,3-4,8-9H2,1-2H3. The molecule has 5 nitrogen and oxygen atoms in total. The van der Waals surface area contributed by atoms with Gasteiger partial charge in [-0.05, 0) is 23.4 Å². The molecule has 2 unspecified atom stereocenters. The third-order valence-electron chi connectivity index (χ3n) is 4.18. The number of dihydropyridines is 1. The molecule has 1 saturated heterocycles. The Hall–Kier alpha value is -1.59. The summed E-state index contributed by atoms with van der Waals surface area (Å²) in [5, 5.41) is 11.3. The Morgan fingerprint density at radius 1 is 1.40 bits per heavy atom. The number of hydrazine groups is 1. The lowest BCUT2D eigenvalue weighted by Gasteiger charge is -2.47. The second-order valence-electron chi connectivity index (χ2n) is 5.35. The van der Waals surface area contributed by atoms with Crippen LogP contribution in [0.15, 0.2) is 35.7 Å². The first-order chi connectivity index (χ1) is 9.74. The molecule has 0 aromatic rings. The molecule has 2 atom stereocenters. The number of hydrogen-bond donors (Lipinski definition) is 2. The molecule has 0 aromatic heterocycles. The van der Waals surface area contributed by atoms with Crippen molar-refractivity contribution >= 4 is 5.78 Å². The predicted octanol–water partition coefficient (Wildman–Crippen LogP) is 0.743. The number of hydrogen-bond acceptors (Lipinski definition) is 5. The molecule has 3 heterocycles. The topological polar surface area (TPSA) is 47.6 Å². The molecule has 5 heteroatoms. The second-order valence-corrected chi connectivity index (χ2v) is 5.35. The van der Waals surface area contributed by atoms with Crippen molar-refractivity contribution in [3.63, 3.8) is 0 Å². The lowest BCUT2D eigenvalue weighted by Crippen LogP contribution is -2.59. The van der Waals surface area contributed by atoms with Crippen LogP contribution in [0.2, 0.25) is 0 Å². The maximum Gasteiger partial charge on any atom is 0.150 e. The number of carbonyl (C=O) groups excluding carboxylic acids is 1. The molecule has 20 heavy (non-hydrogen) atoms. The first-order valence-corrected chi connectivity index (χ1v) is 7.36. The van der Waals surface area contributed by atoms with Gasteiger partial charge in [0.05, 0.1) is 12.6 Å². The molecule has 0 aliphatic carbocycles. The normalized spacial score (nSPS) is 28.6. The smallest absolute Gasteiger partial charge is 0.150 e. The predicted molar refractivity (Wildman–Crippen MR) is 78.4 cm³/mol.